The number of aliphatic carboxylic acids is 1. The Balaban J connectivity index is 2.39. The Kier molecular flexibility index (Phi) is 5.19. The number of benzene rings is 1. The summed E-state index contributed by atoms with van der Waals surface area (Å²) in [7, 11) is 0. The number of nitrogens with one attached hydrogen (secondary N) is 1. The van der Waals surface area contributed by atoms with E-state index in [1.165, 1.54) is 4.90 Å². The monoisotopic (exact) mass is 239 g/mol. The molecular weight excluding hydrogens is 222 g/mol. The number of thioether (sulfide) groups is 1. The molecule has 1 unspecified atom stereocenters. The minimum absolute atomic E-state index is 0.137. The zero-order valence-electron chi connectivity index (χ0n) is 9.56. The predicted octanol–water partition coefficient (Wildman–Crippen LogP) is 2.93. The maximum atomic E-state index is 10.5. The van der Waals surface area contributed by atoms with E-state index in [1.807, 2.05) is 25.3 Å². The molecule has 1 aromatic rings. The Labute approximate surface area is 100 Å². The van der Waals surface area contributed by atoms with E-state index in [4.69, 9.17) is 5.11 Å². The van der Waals surface area contributed by atoms with Gasteiger partial charge in [0.15, 0.2) is 0 Å². The minimum atomic E-state index is -0.743. The molecule has 0 fully saturated rings. The van der Waals surface area contributed by atoms with Gasteiger partial charge in [-0.1, -0.05) is 6.92 Å². The van der Waals surface area contributed by atoms with E-state index in [0.29, 0.717) is 6.54 Å². The average Bonchev–Trinajstić information content (AvgIpc) is 2.26. The average molecular weight is 239 g/mol. The van der Waals surface area contributed by atoms with Gasteiger partial charge >= 0.3 is 5.97 Å². The zero-order chi connectivity index (χ0) is 12.0. The summed E-state index contributed by atoms with van der Waals surface area (Å²) in [6.45, 7) is 2.61. The standard InChI is InChI=1S/C12H17NO2S/c1-9(7-12(14)15)8-13-10-3-5-11(16-2)6-4-10/h3-6,9,13H,7-8H2,1-2H3,(H,14,15). The molecule has 0 saturated carbocycles. The topological polar surface area (TPSA) is 49.3 Å². The maximum absolute atomic E-state index is 10.5. The van der Waals surface area contributed by atoms with Crippen LogP contribution in [-0.4, -0.2) is 23.9 Å². The van der Waals surface area contributed by atoms with Gasteiger partial charge in [0.1, 0.15) is 0 Å². The molecule has 0 aliphatic carbocycles. The number of hydrogen-bond donors (Lipinski definition) is 2. The lowest BCUT2D eigenvalue weighted by Gasteiger charge is -2.11. The normalized spacial score (nSPS) is 12.1. The van der Waals surface area contributed by atoms with Gasteiger partial charge in [-0.25, -0.2) is 0 Å². The van der Waals surface area contributed by atoms with Crippen molar-refractivity contribution in [2.75, 3.05) is 18.1 Å². The highest BCUT2D eigenvalue weighted by Gasteiger charge is 2.06. The third-order valence-corrected chi connectivity index (χ3v) is 3.01. The third kappa shape index (κ3) is 4.57. The summed E-state index contributed by atoms with van der Waals surface area (Å²) >= 11 is 1.70. The zero-order valence-corrected chi connectivity index (χ0v) is 10.4. The molecule has 0 aromatic heterocycles. The smallest absolute Gasteiger partial charge is 0.303 e. The van der Waals surface area contributed by atoms with E-state index in [1.54, 1.807) is 11.8 Å². The van der Waals surface area contributed by atoms with Crippen molar-refractivity contribution < 1.29 is 9.90 Å². The molecule has 4 heteroatoms. The molecule has 1 atom stereocenters. The van der Waals surface area contributed by atoms with E-state index < -0.39 is 5.97 Å². The van der Waals surface area contributed by atoms with Crippen LogP contribution >= 0.6 is 11.8 Å². The van der Waals surface area contributed by atoms with Crippen molar-refractivity contribution in [1.29, 1.82) is 0 Å². The molecule has 0 amide bonds. The molecule has 0 aliphatic heterocycles. The Hall–Kier alpha value is -1.16. The highest BCUT2D eigenvalue weighted by Crippen LogP contribution is 2.17. The molecule has 16 heavy (non-hydrogen) atoms. The van der Waals surface area contributed by atoms with Gasteiger partial charge in [-0.05, 0) is 36.4 Å². The second-order valence-corrected chi connectivity index (χ2v) is 4.69. The Morgan fingerprint density at radius 3 is 2.56 bits per heavy atom. The summed E-state index contributed by atoms with van der Waals surface area (Å²) in [5, 5.41) is 11.8. The Morgan fingerprint density at radius 2 is 2.06 bits per heavy atom. The first-order chi connectivity index (χ1) is 7.61. The van der Waals surface area contributed by atoms with Crippen LogP contribution in [0.3, 0.4) is 0 Å². The lowest BCUT2D eigenvalue weighted by molar-refractivity contribution is -0.137. The molecule has 0 aliphatic rings. The van der Waals surface area contributed by atoms with Crippen LogP contribution in [-0.2, 0) is 4.79 Å². The summed E-state index contributed by atoms with van der Waals surface area (Å²) in [5.41, 5.74) is 1.04. The van der Waals surface area contributed by atoms with Crippen molar-refractivity contribution >= 4 is 23.4 Å². The largest absolute Gasteiger partial charge is 0.481 e. The highest BCUT2D eigenvalue weighted by molar-refractivity contribution is 7.98. The van der Waals surface area contributed by atoms with Crippen molar-refractivity contribution in [2.24, 2.45) is 5.92 Å². The van der Waals surface area contributed by atoms with Gasteiger partial charge < -0.3 is 10.4 Å². The van der Waals surface area contributed by atoms with Gasteiger partial charge in [0.05, 0.1) is 0 Å². The van der Waals surface area contributed by atoms with Crippen molar-refractivity contribution in [2.45, 2.75) is 18.2 Å². The fourth-order valence-corrected chi connectivity index (χ4v) is 1.78. The van der Waals surface area contributed by atoms with Crippen LogP contribution in [0.15, 0.2) is 29.2 Å². The first kappa shape index (κ1) is 12.9. The van der Waals surface area contributed by atoms with Gasteiger partial charge in [-0.15, -0.1) is 11.8 Å². The first-order valence-electron chi connectivity index (χ1n) is 5.21. The van der Waals surface area contributed by atoms with Crippen LogP contribution in [0, 0.1) is 5.92 Å². The first-order valence-corrected chi connectivity index (χ1v) is 6.44. The van der Waals surface area contributed by atoms with Gasteiger partial charge in [-0.3, -0.25) is 4.79 Å². The number of carbonyl (C=O) groups is 1. The van der Waals surface area contributed by atoms with E-state index in [2.05, 4.69) is 17.4 Å². The van der Waals surface area contributed by atoms with E-state index in [-0.39, 0.29) is 12.3 Å². The number of anilines is 1. The molecule has 0 saturated heterocycles. The highest BCUT2D eigenvalue weighted by atomic mass is 32.2. The number of carboxylic acid groups (broad SMARTS) is 1. The summed E-state index contributed by atoms with van der Waals surface area (Å²) in [6, 6.07) is 8.13. The third-order valence-electron chi connectivity index (χ3n) is 2.27. The molecule has 0 spiro atoms. The van der Waals surface area contributed by atoms with Crippen molar-refractivity contribution in [1.82, 2.24) is 0 Å². The molecule has 0 radical (unpaired) electrons. The molecular formula is C12H17NO2S. The number of carboxylic acids is 1. The van der Waals surface area contributed by atoms with Crippen molar-refractivity contribution in [3.8, 4) is 0 Å². The Morgan fingerprint density at radius 1 is 1.44 bits per heavy atom. The van der Waals surface area contributed by atoms with Crippen LogP contribution in [0.5, 0.6) is 0 Å². The fraction of sp³-hybridized carbons (Fsp3) is 0.417. The van der Waals surface area contributed by atoms with Gasteiger partial charge in [0.25, 0.3) is 0 Å². The fourth-order valence-electron chi connectivity index (χ4n) is 1.37. The van der Waals surface area contributed by atoms with E-state index in [0.717, 1.165) is 5.69 Å². The maximum Gasteiger partial charge on any atom is 0.303 e. The summed E-state index contributed by atoms with van der Waals surface area (Å²) in [6.07, 6.45) is 2.24. The minimum Gasteiger partial charge on any atom is -0.481 e. The number of hydrogen-bond acceptors (Lipinski definition) is 3. The molecule has 0 bridgehead atoms. The van der Waals surface area contributed by atoms with Crippen LogP contribution < -0.4 is 5.32 Å². The molecule has 0 heterocycles. The molecule has 3 nitrogen and oxygen atoms in total. The lowest BCUT2D eigenvalue weighted by atomic mass is 10.1. The summed E-state index contributed by atoms with van der Waals surface area (Å²) in [5.74, 6) is -0.607. The predicted molar refractivity (Wildman–Crippen MR) is 68.1 cm³/mol. The molecule has 88 valence electrons. The second-order valence-electron chi connectivity index (χ2n) is 3.81. The summed E-state index contributed by atoms with van der Waals surface area (Å²) < 4.78 is 0. The molecule has 1 rings (SSSR count). The van der Waals surface area contributed by atoms with Gasteiger partial charge in [-0.2, -0.15) is 0 Å². The van der Waals surface area contributed by atoms with Crippen LogP contribution in [0.25, 0.3) is 0 Å². The van der Waals surface area contributed by atoms with Crippen LogP contribution in [0.2, 0.25) is 0 Å². The van der Waals surface area contributed by atoms with Crippen LogP contribution in [0.4, 0.5) is 5.69 Å². The SMILES string of the molecule is CSc1ccc(NCC(C)CC(=O)O)cc1. The quantitative estimate of drug-likeness (QED) is 0.749. The van der Waals surface area contributed by atoms with Gasteiger partial charge in [0.2, 0.25) is 0 Å². The summed E-state index contributed by atoms with van der Waals surface area (Å²) in [4.78, 5) is 11.7. The molecule has 1 aromatic carbocycles. The number of rotatable bonds is 6. The second kappa shape index (κ2) is 6.43. The van der Waals surface area contributed by atoms with Gasteiger partial charge in [0, 0.05) is 23.5 Å². The molecule has 2 N–H and O–H groups in total. The lowest BCUT2D eigenvalue weighted by Crippen LogP contribution is -2.14. The Bertz CT molecular complexity index is 337. The van der Waals surface area contributed by atoms with E-state index >= 15 is 0 Å². The van der Waals surface area contributed by atoms with Crippen molar-refractivity contribution in [3.63, 3.8) is 0 Å². The van der Waals surface area contributed by atoms with Crippen molar-refractivity contribution in [3.05, 3.63) is 24.3 Å². The van der Waals surface area contributed by atoms with E-state index in [9.17, 15) is 4.79 Å². The van der Waals surface area contributed by atoms with Crippen LogP contribution in [0.1, 0.15) is 13.3 Å².